The first-order valence-corrected chi connectivity index (χ1v) is 6.56. The molecule has 0 saturated carbocycles. The average molecular weight is 225 g/mol. The maximum absolute atomic E-state index is 8.92. The summed E-state index contributed by atoms with van der Waals surface area (Å²) in [5.41, 5.74) is 1.57. The highest BCUT2D eigenvalue weighted by Gasteiger charge is 2.13. The molecule has 84 valence electrons. The first kappa shape index (κ1) is 11.1. The number of rotatable bonds is 4. The van der Waals surface area contributed by atoms with E-state index in [1.807, 2.05) is 18.3 Å². The van der Waals surface area contributed by atoms with E-state index < -0.39 is 0 Å². The van der Waals surface area contributed by atoms with Gasteiger partial charge in [0.1, 0.15) is 0 Å². The Kier molecular flexibility index (Phi) is 3.78. The molecule has 0 aliphatic heterocycles. The van der Waals surface area contributed by atoms with Gasteiger partial charge < -0.3 is 10.4 Å². The van der Waals surface area contributed by atoms with Gasteiger partial charge in [-0.2, -0.15) is 0 Å². The second-order valence-electron chi connectivity index (χ2n) is 4.33. The average Bonchev–Trinajstić information content (AvgIpc) is 2.68. The molecule has 1 heterocycles. The van der Waals surface area contributed by atoms with Gasteiger partial charge in [0.15, 0.2) is 0 Å². The van der Waals surface area contributed by atoms with Crippen molar-refractivity contribution in [1.82, 2.24) is 5.32 Å². The van der Waals surface area contributed by atoms with E-state index in [1.165, 1.54) is 30.6 Å². The van der Waals surface area contributed by atoms with E-state index >= 15 is 0 Å². The Hall–Kier alpha value is -0.380. The van der Waals surface area contributed by atoms with Crippen molar-refractivity contribution in [2.24, 2.45) is 0 Å². The van der Waals surface area contributed by atoms with Gasteiger partial charge in [-0.15, -0.1) is 11.3 Å². The predicted molar refractivity (Wildman–Crippen MR) is 64.3 cm³/mol. The molecule has 1 aliphatic rings. The summed E-state index contributed by atoms with van der Waals surface area (Å²) in [5, 5.41) is 12.2. The van der Waals surface area contributed by atoms with Gasteiger partial charge in [-0.1, -0.05) is 0 Å². The van der Waals surface area contributed by atoms with Gasteiger partial charge in [0.2, 0.25) is 0 Å². The third kappa shape index (κ3) is 2.80. The van der Waals surface area contributed by atoms with Crippen LogP contribution in [0.1, 0.15) is 35.1 Å². The van der Waals surface area contributed by atoms with Crippen molar-refractivity contribution in [2.75, 3.05) is 6.61 Å². The van der Waals surface area contributed by atoms with Crippen molar-refractivity contribution in [2.45, 2.75) is 45.2 Å². The van der Waals surface area contributed by atoms with Gasteiger partial charge in [0.25, 0.3) is 0 Å². The number of hydrogen-bond donors (Lipinski definition) is 2. The zero-order valence-electron chi connectivity index (χ0n) is 9.25. The quantitative estimate of drug-likeness (QED) is 0.822. The zero-order valence-corrected chi connectivity index (χ0v) is 10.1. The standard InChI is InChI=1S/C12H19NOS/c1-9(8-14)13-7-11-6-10-4-2-3-5-12(10)15-11/h6,9,13-14H,2-5,7-8H2,1H3. The van der Waals surface area contributed by atoms with E-state index in [4.69, 9.17) is 5.11 Å². The van der Waals surface area contributed by atoms with Crippen LogP contribution in [0.25, 0.3) is 0 Å². The zero-order chi connectivity index (χ0) is 10.7. The largest absolute Gasteiger partial charge is 0.395 e. The minimum atomic E-state index is 0.198. The fourth-order valence-corrected chi connectivity index (χ4v) is 3.19. The monoisotopic (exact) mass is 225 g/mol. The number of hydrogen-bond acceptors (Lipinski definition) is 3. The first-order chi connectivity index (χ1) is 7.29. The van der Waals surface area contributed by atoms with Gasteiger partial charge >= 0.3 is 0 Å². The van der Waals surface area contributed by atoms with Crippen LogP contribution < -0.4 is 5.32 Å². The molecule has 2 rings (SSSR count). The molecule has 2 nitrogen and oxygen atoms in total. The van der Waals surface area contributed by atoms with Gasteiger partial charge in [-0.25, -0.2) is 0 Å². The molecule has 0 fully saturated rings. The maximum Gasteiger partial charge on any atom is 0.0582 e. The molecular weight excluding hydrogens is 206 g/mol. The lowest BCUT2D eigenvalue weighted by Crippen LogP contribution is -2.28. The lowest BCUT2D eigenvalue weighted by Gasteiger charge is -2.08. The van der Waals surface area contributed by atoms with Crippen molar-refractivity contribution in [3.63, 3.8) is 0 Å². The molecule has 0 amide bonds. The van der Waals surface area contributed by atoms with Crippen LogP contribution in [0, 0.1) is 0 Å². The highest BCUT2D eigenvalue weighted by atomic mass is 32.1. The lowest BCUT2D eigenvalue weighted by atomic mass is 9.99. The van der Waals surface area contributed by atoms with Crippen LogP contribution >= 0.6 is 11.3 Å². The number of aliphatic hydroxyl groups excluding tert-OH is 1. The molecule has 1 atom stereocenters. The fourth-order valence-electron chi connectivity index (χ4n) is 1.98. The van der Waals surface area contributed by atoms with Crippen molar-refractivity contribution in [3.8, 4) is 0 Å². The molecule has 3 heteroatoms. The number of fused-ring (bicyclic) bond motifs is 1. The molecule has 2 N–H and O–H groups in total. The van der Waals surface area contributed by atoms with Crippen molar-refractivity contribution in [1.29, 1.82) is 0 Å². The van der Waals surface area contributed by atoms with Crippen LogP contribution in [0.2, 0.25) is 0 Å². The Labute approximate surface area is 95.3 Å². The fraction of sp³-hybridized carbons (Fsp3) is 0.667. The van der Waals surface area contributed by atoms with Gasteiger partial charge in [-0.3, -0.25) is 0 Å². The summed E-state index contributed by atoms with van der Waals surface area (Å²) in [6.07, 6.45) is 5.24. The number of nitrogens with one attached hydrogen (secondary N) is 1. The highest BCUT2D eigenvalue weighted by Crippen LogP contribution is 2.29. The van der Waals surface area contributed by atoms with Gasteiger partial charge in [-0.05, 0) is 44.2 Å². The smallest absolute Gasteiger partial charge is 0.0582 e. The normalized spacial score (nSPS) is 17.5. The molecule has 0 radical (unpaired) electrons. The summed E-state index contributed by atoms with van der Waals surface area (Å²) in [4.78, 5) is 3.01. The van der Waals surface area contributed by atoms with Crippen LogP contribution in [0.3, 0.4) is 0 Å². The topological polar surface area (TPSA) is 32.3 Å². The third-order valence-corrected chi connectivity index (χ3v) is 4.18. The Balaban J connectivity index is 1.94. The number of thiophene rings is 1. The molecule has 15 heavy (non-hydrogen) atoms. The van der Waals surface area contributed by atoms with E-state index in [0.717, 1.165) is 6.54 Å². The minimum absolute atomic E-state index is 0.198. The first-order valence-electron chi connectivity index (χ1n) is 5.74. The summed E-state index contributed by atoms with van der Waals surface area (Å²) < 4.78 is 0. The molecule has 0 saturated heterocycles. The Morgan fingerprint density at radius 1 is 1.47 bits per heavy atom. The number of aliphatic hydroxyl groups is 1. The molecule has 1 unspecified atom stereocenters. The molecule has 1 aliphatic carbocycles. The van der Waals surface area contributed by atoms with E-state index in [1.54, 1.807) is 10.4 Å². The molecule has 0 aromatic carbocycles. The van der Waals surface area contributed by atoms with Crippen LogP contribution in [0.5, 0.6) is 0 Å². The molecular formula is C12H19NOS. The number of aryl methyl sites for hydroxylation is 2. The SMILES string of the molecule is CC(CO)NCc1cc2c(s1)CCCC2. The third-order valence-electron chi connectivity index (χ3n) is 2.95. The minimum Gasteiger partial charge on any atom is -0.395 e. The Bertz CT molecular complexity index is 298. The summed E-state index contributed by atoms with van der Waals surface area (Å²) in [6.45, 7) is 3.12. The van der Waals surface area contributed by atoms with E-state index in [9.17, 15) is 0 Å². The van der Waals surface area contributed by atoms with Gasteiger partial charge in [0.05, 0.1) is 6.61 Å². The molecule has 1 aromatic rings. The highest BCUT2D eigenvalue weighted by molar-refractivity contribution is 7.12. The van der Waals surface area contributed by atoms with E-state index in [0.29, 0.717) is 0 Å². The van der Waals surface area contributed by atoms with Crippen LogP contribution in [0.15, 0.2) is 6.07 Å². The van der Waals surface area contributed by atoms with Crippen LogP contribution in [0.4, 0.5) is 0 Å². The Morgan fingerprint density at radius 3 is 3.00 bits per heavy atom. The summed E-state index contributed by atoms with van der Waals surface area (Å²) in [7, 11) is 0. The molecule has 0 spiro atoms. The van der Waals surface area contributed by atoms with Crippen LogP contribution in [-0.2, 0) is 19.4 Å². The summed E-state index contributed by atoms with van der Waals surface area (Å²) in [5.74, 6) is 0. The predicted octanol–water partition coefficient (Wildman–Crippen LogP) is 2.10. The second kappa shape index (κ2) is 5.10. The molecule has 0 bridgehead atoms. The van der Waals surface area contributed by atoms with Crippen molar-refractivity contribution in [3.05, 3.63) is 21.4 Å². The lowest BCUT2D eigenvalue weighted by molar-refractivity contribution is 0.251. The molecule has 1 aromatic heterocycles. The summed E-state index contributed by atoms with van der Waals surface area (Å²) in [6, 6.07) is 2.54. The maximum atomic E-state index is 8.92. The van der Waals surface area contributed by atoms with Crippen molar-refractivity contribution >= 4 is 11.3 Å². The van der Waals surface area contributed by atoms with Gasteiger partial charge in [0, 0.05) is 22.3 Å². The Morgan fingerprint density at radius 2 is 2.27 bits per heavy atom. The second-order valence-corrected chi connectivity index (χ2v) is 5.55. The van der Waals surface area contributed by atoms with E-state index in [-0.39, 0.29) is 12.6 Å². The van der Waals surface area contributed by atoms with Crippen LogP contribution in [-0.4, -0.2) is 17.8 Å². The summed E-state index contributed by atoms with van der Waals surface area (Å²) >= 11 is 1.94. The van der Waals surface area contributed by atoms with Crippen molar-refractivity contribution < 1.29 is 5.11 Å². The van der Waals surface area contributed by atoms with E-state index in [2.05, 4.69) is 11.4 Å².